The summed E-state index contributed by atoms with van der Waals surface area (Å²) < 4.78 is 5.14. The second-order valence-electron chi connectivity index (χ2n) is 4.59. The largest absolute Gasteiger partial charge is 0.497 e. The van der Waals surface area contributed by atoms with E-state index in [9.17, 15) is 9.90 Å². The van der Waals surface area contributed by atoms with Crippen LogP contribution in [0, 0.1) is 0 Å². The molecule has 1 unspecified atom stereocenters. The molecule has 0 amide bonds. The molecule has 0 saturated carbocycles. The number of benzene rings is 1. The smallest absolute Gasteiger partial charge is 0.323 e. The molecule has 0 fully saturated rings. The number of carboxylic acid groups (broad SMARTS) is 1. The Bertz CT molecular complexity index is 406. The molecule has 1 atom stereocenters. The van der Waals surface area contributed by atoms with E-state index in [1.165, 1.54) is 0 Å². The Hall–Kier alpha value is -1.55. The molecule has 0 aliphatic heterocycles. The van der Waals surface area contributed by atoms with Crippen molar-refractivity contribution < 1.29 is 14.6 Å². The summed E-state index contributed by atoms with van der Waals surface area (Å²) in [4.78, 5) is 11.3. The zero-order valence-corrected chi connectivity index (χ0v) is 11.2. The van der Waals surface area contributed by atoms with Gasteiger partial charge in [0.15, 0.2) is 0 Å². The third-order valence-electron chi connectivity index (χ3n) is 3.04. The van der Waals surface area contributed by atoms with Gasteiger partial charge in [0.25, 0.3) is 0 Å². The van der Waals surface area contributed by atoms with Gasteiger partial charge in [0, 0.05) is 6.54 Å². The van der Waals surface area contributed by atoms with E-state index in [-0.39, 0.29) is 0 Å². The topological polar surface area (TPSA) is 58.6 Å². The highest BCUT2D eigenvalue weighted by molar-refractivity contribution is 5.78. The van der Waals surface area contributed by atoms with Crippen molar-refractivity contribution in [3.8, 4) is 5.75 Å². The van der Waals surface area contributed by atoms with Crippen molar-refractivity contribution in [1.82, 2.24) is 5.32 Å². The SMILES string of the molecule is CCCC(C)(NCc1cccc(OC)c1)C(=O)O. The van der Waals surface area contributed by atoms with E-state index in [1.54, 1.807) is 14.0 Å². The van der Waals surface area contributed by atoms with Gasteiger partial charge in [-0.3, -0.25) is 10.1 Å². The normalized spacial score (nSPS) is 13.9. The molecule has 100 valence electrons. The maximum atomic E-state index is 11.3. The van der Waals surface area contributed by atoms with Crippen LogP contribution in [0.15, 0.2) is 24.3 Å². The molecule has 1 rings (SSSR count). The monoisotopic (exact) mass is 251 g/mol. The van der Waals surface area contributed by atoms with Gasteiger partial charge in [-0.05, 0) is 31.0 Å². The fraction of sp³-hybridized carbons (Fsp3) is 0.500. The van der Waals surface area contributed by atoms with Gasteiger partial charge in [0.05, 0.1) is 7.11 Å². The predicted octanol–water partition coefficient (Wildman–Crippen LogP) is 2.43. The Morgan fingerprint density at radius 2 is 2.22 bits per heavy atom. The lowest BCUT2D eigenvalue weighted by molar-refractivity contribution is -0.144. The van der Waals surface area contributed by atoms with Crippen LogP contribution < -0.4 is 10.1 Å². The average Bonchev–Trinajstić information content (AvgIpc) is 2.37. The van der Waals surface area contributed by atoms with E-state index in [0.717, 1.165) is 17.7 Å². The van der Waals surface area contributed by atoms with Gasteiger partial charge in [0.2, 0.25) is 0 Å². The number of rotatable bonds is 7. The van der Waals surface area contributed by atoms with Crippen molar-refractivity contribution in [2.75, 3.05) is 7.11 Å². The first kappa shape index (κ1) is 14.5. The van der Waals surface area contributed by atoms with E-state index in [1.807, 2.05) is 31.2 Å². The van der Waals surface area contributed by atoms with Gasteiger partial charge < -0.3 is 9.84 Å². The number of ether oxygens (including phenoxy) is 1. The molecule has 18 heavy (non-hydrogen) atoms. The number of hydrogen-bond donors (Lipinski definition) is 2. The molecular weight excluding hydrogens is 230 g/mol. The van der Waals surface area contributed by atoms with Crippen molar-refractivity contribution in [2.45, 2.75) is 38.8 Å². The predicted molar refractivity (Wildman–Crippen MR) is 70.8 cm³/mol. The minimum atomic E-state index is -0.877. The molecule has 0 saturated heterocycles. The van der Waals surface area contributed by atoms with Gasteiger partial charge in [-0.1, -0.05) is 25.5 Å². The van der Waals surface area contributed by atoms with Gasteiger partial charge >= 0.3 is 5.97 Å². The lowest BCUT2D eigenvalue weighted by Crippen LogP contribution is -2.48. The fourth-order valence-corrected chi connectivity index (χ4v) is 1.85. The summed E-state index contributed by atoms with van der Waals surface area (Å²) in [5.41, 5.74) is 0.135. The highest BCUT2D eigenvalue weighted by Crippen LogP contribution is 2.16. The number of methoxy groups -OCH3 is 1. The molecule has 1 aromatic rings. The summed E-state index contributed by atoms with van der Waals surface area (Å²) >= 11 is 0. The molecule has 0 aliphatic carbocycles. The van der Waals surface area contributed by atoms with Crippen LogP contribution in [0.5, 0.6) is 5.75 Å². The first-order valence-electron chi connectivity index (χ1n) is 6.13. The van der Waals surface area contributed by atoms with E-state index < -0.39 is 11.5 Å². The number of hydrogen-bond acceptors (Lipinski definition) is 3. The molecule has 4 heteroatoms. The molecule has 0 bridgehead atoms. The molecule has 2 N–H and O–H groups in total. The van der Waals surface area contributed by atoms with Crippen molar-refractivity contribution in [3.05, 3.63) is 29.8 Å². The minimum absolute atomic E-state index is 0.514. The van der Waals surface area contributed by atoms with Gasteiger partial charge in [0.1, 0.15) is 11.3 Å². The highest BCUT2D eigenvalue weighted by atomic mass is 16.5. The first-order valence-corrected chi connectivity index (χ1v) is 6.13. The molecular formula is C14H21NO3. The number of aliphatic carboxylic acids is 1. The molecule has 0 heterocycles. The summed E-state index contributed by atoms with van der Waals surface area (Å²) in [5, 5.41) is 12.4. The number of carbonyl (C=O) groups is 1. The second-order valence-corrected chi connectivity index (χ2v) is 4.59. The summed E-state index contributed by atoms with van der Waals surface area (Å²) in [5.74, 6) is -0.0333. The van der Waals surface area contributed by atoms with Crippen molar-refractivity contribution in [3.63, 3.8) is 0 Å². The average molecular weight is 251 g/mol. The van der Waals surface area contributed by atoms with Gasteiger partial charge in [-0.25, -0.2) is 0 Å². The molecule has 1 aromatic carbocycles. The minimum Gasteiger partial charge on any atom is -0.497 e. The first-order chi connectivity index (χ1) is 8.51. The van der Waals surface area contributed by atoms with Crippen LogP contribution in [0.25, 0.3) is 0 Å². The van der Waals surface area contributed by atoms with Crippen LogP contribution in [0.1, 0.15) is 32.3 Å². The van der Waals surface area contributed by atoms with Crippen LogP contribution in [0.4, 0.5) is 0 Å². The second kappa shape index (κ2) is 6.40. The van der Waals surface area contributed by atoms with Crippen molar-refractivity contribution >= 4 is 5.97 Å². The maximum absolute atomic E-state index is 11.3. The summed E-state index contributed by atoms with van der Waals surface area (Å²) in [7, 11) is 1.62. The van der Waals surface area contributed by atoms with Gasteiger partial charge in [-0.15, -0.1) is 0 Å². The van der Waals surface area contributed by atoms with E-state index in [2.05, 4.69) is 5.32 Å². The van der Waals surface area contributed by atoms with Crippen LogP contribution in [0.3, 0.4) is 0 Å². The quantitative estimate of drug-likeness (QED) is 0.781. The van der Waals surface area contributed by atoms with E-state index in [4.69, 9.17) is 4.74 Å². The number of carboxylic acids is 1. The van der Waals surface area contributed by atoms with Crippen LogP contribution in [-0.2, 0) is 11.3 Å². The lowest BCUT2D eigenvalue weighted by atomic mass is 9.96. The van der Waals surface area contributed by atoms with Crippen molar-refractivity contribution in [1.29, 1.82) is 0 Å². The maximum Gasteiger partial charge on any atom is 0.323 e. The lowest BCUT2D eigenvalue weighted by Gasteiger charge is -2.26. The Morgan fingerprint density at radius 1 is 1.50 bits per heavy atom. The number of nitrogens with one attached hydrogen (secondary N) is 1. The Morgan fingerprint density at radius 3 is 2.78 bits per heavy atom. The molecule has 0 radical (unpaired) electrons. The summed E-state index contributed by atoms with van der Waals surface area (Å²) in [6.07, 6.45) is 1.43. The molecule has 0 aromatic heterocycles. The van der Waals surface area contributed by atoms with Crippen LogP contribution in [-0.4, -0.2) is 23.7 Å². The zero-order chi connectivity index (χ0) is 13.6. The van der Waals surface area contributed by atoms with E-state index in [0.29, 0.717) is 13.0 Å². The van der Waals surface area contributed by atoms with Crippen molar-refractivity contribution in [2.24, 2.45) is 0 Å². The molecule has 0 spiro atoms. The van der Waals surface area contributed by atoms with Crippen LogP contribution in [0.2, 0.25) is 0 Å². The van der Waals surface area contributed by atoms with Gasteiger partial charge in [-0.2, -0.15) is 0 Å². The standard InChI is InChI=1S/C14H21NO3/c1-4-8-14(2,13(16)17)15-10-11-6-5-7-12(9-11)18-3/h5-7,9,15H,4,8,10H2,1-3H3,(H,16,17). The molecule has 4 nitrogen and oxygen atoms in total. The Balaban J connectivity index is 2.69. The highest BCUT2D eigenvalue weighted by Gasteiger charge is 2.31. The van der Waals surface area contributed by atoms with Crippen LogP contribution >= 0.6 is 0 Å². The third kappa shape index (κ3) is 3.74. The Labute approximate surface area is 108 Å². The van der Waals surface area contributed by atoms with E-state index >= 15 is 0 Å². The zero-order valence-electron chi connectivity index (χ0n) is 11.2. The summed E-state index contributed by atoms with van der Waals surface area (Å²) in [6, 6.07) is 7.62. The summed E-state index contributed by atoms with van der Waals surface area (Å²) in [6.45, 7) is 4.22. The Kier molecular flexibility index (Phi) is 5.16. The molecule has 0 aliphatic rings. The fourth-order valence-electron chi connectivity index (χ4n) is 1.85. The third-order valence-corrected chi connectivity index (χ3v) is 3.04.